The summed E-state index contributed by atoms with van der Waals surface area (Å²) in [7, 11) is 0. The number of carboxylic acids is 1. The molecule has 0 spiro atoms. The van der Waals surface area contributed by atoms with Gasteiger partial charge in [-0.3, -0.25) is 0 Å². The van der Waals surface area contributed by atoms with Crippen LogP contribution < -0.4 is 5.73 Å². The van der Waals surface area contributed by atoms with E-state index in [1.165, 1.54) is 0 Å². The van der Waals surface area contributed by atoms with E-state index in [0.29, 0.717) is 5.56 Å². The van der Waals surface area contributed by atoms with E-state index in [4.69, 9.17) is 10.8 Å². The lowest BCUT2D eigenvalue weighted by Gasteiger charge is -2.10. The van der Waals surface area contributed by atoms with Crippen LogP contribution in [-0.2, 0) is 0 Å². The van der Waals surface area contributed by atoms with Crippen LogP contribution in [0.5, 0.6) is 0 Å². The van der Waals surface area contributed by atoms with Gasteiger partial charge >= 0.3 is 5.97 Å². The van der Waals surface area contributed by atoms with Crippen molar-refractivity contribution in [3.05, 3.63) is 34.9 Å². The smallest absolute Gasteiger partial charge is 0.341 e. The van der Waals surface area contributed by atoms with E-state index in [2.05, 4.69) is 0 Å². The van der Waals surface area contributed by atoms with Crippen LogP contribution in [0.15, 0.2) is 12.1 Å². The molecule has 1 aromatic rings. The van der Waals surface area contributed by atoms with Gasteiger partial charge in [0.2, 0.25) is 0 Å². The fourth-order valence-electron chi connectivity index (χ4n) is 1.22. The van der Waals surface area contributed by atoms with E-state index in [9.17, 15) is 13.6 Å². The largest absolute Gasteiger partial charge is 0.477 e. The number of carboxylic acid groups (broad SMARTS) is 1. The highest BCUT2D eigenvalue weighted by Crippen LogP contribution is 2.20. The molecule has 1 atom stereocenters. The molecule has 82 valence electrons. The topological polar surface area (TPSA) is 63.3 Å². The Kier molecular flexibility index (Phi) is 3.36. The number of benzene rings is 1. The zero-order valence-corrected chi connectivity index (χ0v) is 8.13. The van der Waals surface area contributed by atoms with Gasteiger partial charge in [0.1, 0.15) is 17.2 Å². The average Bonchev–Trinajstić information content (AvgIpc) is 2.14. The predicted molar refractivity (Wildman–Crippen MR) is 50.8 cm³/mol. The Hall–Kier alpha value is -1.49. The maximum atomic E-state index is 13.2. The Morgan fingerprint density at radius 1 is 1.47 bits per heavy atom. The molecule has 3 N–H and O–H groups in total. The van der Waals surface area contributed by atoms with E-state index in [1.54, 1.807) is 6.92 Å². The first kappa shape index (κ1) is 11.6. The molecule has 0 bridgehead atoms. The van der Waals surface area contributed by atoms with E-state index in [0.717, 1.165) is 12.1 Å². The lowest BCUT2D eigenvalue weighted by atomic mass is 9.99. The number of halogens is 2. The molecule has 0 saturated carbocycles. The van der Waals surface area contributed by atoms with Crippen LogP contribution in [0.2, 0.25) is 0 Å². The maximum Gasteiger partial charge on any atom is 0.341 e. The first-order chi connectivity index (χ1) is 6.97. The summed E-state index contributed by atoms with van der Waals surface area (Å²) in [5, 5.41) is 8.53. The summed E-state index contributed by atoms with van der Waals surface area (Å²) in [6, 6.07) is 2.01. The molecule has 0 aliphatic carbocycles. The standard InChI is InChI=1S/C10H11F2NO2/c1-5(4-13)6-2-7(11)9(10(14)15)8(12)3-6/h2-3,5H,4,13H2,1H3,(H,14,15). The van der Waals surface area contributed by atoms with Crippen LogP contribution in [0.4, 0.5) is 8.78 Å². The predicted octanol–water partition coefficient (Wildman–Crippen LogP) is 1.73. The number of carbonyl (C=O) groups is 1. The fourth-order valence-corrected chi connectivity index (χ4v) is 1.22. The third kappa shape index (κ3) is 2.30. The van der Waals surface area contributed by atoms with Gasteiger partial charge in [-0.25, -0.2) is 13.6 Å². The van der Waals surface area contributed by atoms with Gasteiger partial charge in [-0.15, -0.1) is 0 Å². The minimum Gasteiger partial charge on any atom is -0.477 e. The molecular weight excluding hydrogens is 204 g/mol. The highest BCUT2D eigenvalue weighted by atomic mass is 19.1. The highest BCUT2D eigenvalue weighted by molar-refractivity contribution is 5.88. The number of rotatable bonds is 3. The van der Waals surface area contributed by atoms with Crippen molar-refractivity contribution in [2.24, 2.45) is 5.73 Å². The fraction of sp³-hybridized carbons (Fsp3) is 0.300. The summed E-state index contributed by atoms with van der Waals surface area (Å²) in [4.78, 5) is 10.5. The molecule has 0 fully saturated rings. The lowest BCUT2D eigenvalue weighted by molar-refractivity contribution is 0.0686. The summed E-state index contributed by atoms with van der Waals surface area (Å²) in [6.07, 6.45) is 0. The summed E-state index contributed by atoms with van der Waals surface area (Å²) < 4.78 is 26.4. The van der Waals surface area contributed by atoms with Gasteiger partial charge < -0.3 is 10.8 Å². The van der Waals surface area contributed by atoms with Crippen molar-refractivity contribution in [1.29, 1.82) is 0 Å². The van der Waals surface area contributed by atoms with Crippen molar-refractivity contribution in [1.82, 2.24) is 0 Å². The van der Waals surface area contributed by atoms with Crippen molar-refractivity contribution in [3.63, 3.8) is 0 Å². The van der Waals surface area contributed by atoms with Gasteiger partial charge in [0.05, 0.1) is 0 Å². The highest BCUT2D eigenvalue weighted by Gasteiger charge is 2.19. The van der Waals surface area contributed by atoms with Crippen molar-refractivity contribution < 1.29 is 18.7 Å². The van der Waals surface area contributed by atoms with Crippen LogP contribution >= 0.6 is 0 Å². The van der Waals surface area contributed by atoms with Gasteiger partial charge in [-0.1, -0.05) is 6.92 Å². The van der Waals surface area contributed by atoms with Crippen LogP contribution in [0.3, 0.4) is 0 Å². The monoisotopic (exact) mass is 215 g/mol. The minimum atomic E-state index is -1.61. The van der Waals surface area contributed by atoms with Crippen LogP contribution in [0.25, 0.3) is 0 Å². The molecule has 0 amide bonds. The van der Waals surface area contributed by atoms with Crippen molar-refractivity contribution >= 4 is 5.97 Å². The van der Waals surface area contributed by atoms with Gasteiger partial charge in [0.15, 0.2) is 0 Å². The Bertz CT molecular complexity index is 370. The van der Waals surface area contributed by atoms with Crippen LogP contribution in [0.1, 0.15) is 28.8 Å². The molecule has 5 heteroatoms. The average molecular weight is 215 g/mol. The molecule has 0 radical (unpaired) electrons. The van der Waals surface area contributed by atoms with E-state index in [-0.39, 0.29) is 12.5 Å². The van der Waals surface area contributed by atoms with E-state index in [1.807, 2.05) is 0 Å². The molecule has 0 aromatic heterocycles. The Morgan fingerprint density at radius 2 is 1.93 bits per heavy atom. The normalized spacial score (nSPS) is 12.5. The van der Waals surface area contributed by atoms with Crippen molar-refractivity contribution in [2.45, 2.75) is 12.8 Å². The molecule has 0 heterocycles. The van der Waals surface area contributed by atoms with Crippen LogP contribution in [-0.4, -0.2) is 17.6 Å². The molecular formula is C10H11F2NO2. The van der Waals surface area contributed by atoms with Gasteiger partial charge in [0, 0.05) is 0 Å². The molecule has 3 nitrogen and oxygen atoms in total. The van der Waals surface area contributed by atoms with Crippen molar-refractivity contribution in [2.75, 3.05) is 6.54 Å². The molecule has 0 saturated heterocycles. The summed E-state index contributed by atoms with van der Waals surface area (Å²) in [6.45, 7) is 1.94. The second-order valence-corrected chi connectivity index (χ2v) is 3.30. The molecule has 1 rings (SSSR count). The summed E-state index contributed by atoms with van der Waals surface area (Å²) in [5.41, 5.74) is 4.77. The summed E-state index contributed by atoms with van der Waals surface area (Å²) in [5.74, 6) is -3.97. The third-order valence-electron chi connectivity index (χ3n) is 2.20. The molecule has 0 aliphatic heterocycles. The quantitative estimate of drug-likeness (QED) is 0.807. The molecule has 1 unspecified atom stereocenters. The van der Waals surface area contributed by atoms with E-state index >= 15 is 0 Å². The first-order valence-electron chi connectivity index (χ1n) is 4.39. The lowest BCUT2D eigenvalue weighted by Crippen LogP contribution is -2.12. The maximum absolute atomic E-state index is 13.2. The Morgan fingerprint density at radius 3 is 2.27 bits per heavy atom. The second kappa shape index (κ2) is 4.35. The molecule has 1 aromatic carbocycles. The van der Waals surface area contributed by atoms with Crippen molar-refractivity contribution in [3.8, 4) is 0 Å². The van der Waals surface area contributed by atoms with Gasteiger partial charge in [0.25, 0.3) is 0 Å². The number of aromatic carboxylic acids is 1. The molecule has 15 heavy (non-hydrogen) atoms. The number of nitrogens with two attached hydrogens (primary N) is 1. The Labute approximate surface area is 85.5 Å². The number of hydrogen-bond acceptors (Lipinski definition) is 2. The second-order valence-electron chi connectivity index (χ2n) is 3.30. The SMILES string of the molecule is CC(CN)c1cc(F)c(C(=O)O)c(F)c1. The summed E-state index contributed by atoms with van der Waals surface area (Å²) >= 11 is 0. The zero-order chi connectivity index (χ0) is 11.6. The van der Waals surface area contributed by atoms with E-state index < -0.39 is 23.2 Å². The van der Waals surface area contributed by atoms with Crippen LogP contribution in [0, 0.1) is 11.6 Å². The van der Waals surface area contributed by atoms with Gasteiger partial charge in [-0.05, 0) is 30.2 Å². The molecule has 0 aliphatic rings. The van der Waals surface area contributed by atoms with Gasteiger partial charge in [-0.2, -0.15) is 0 Å². The Balaban J connectivity index is 3.25. The first-order valence-corrected chi connectivity index (χ1v) is 4.39. The third-order valence-corrected chi connectivity index (χ3v) is 2.20. The minimum absolute atomic E-state index is 0.211. The number of hydrogen-bond donors (Lipinski definition) is 2. The zero-order valence-electron chi connectivity index (χ0n) is 8.13.